The number of nitrogens with zero attached hydrogens (tertiary/aromatic N) is 1. The first kappa shape index (κ1) is 23.5. The third-order valence-electron chi connectivity index (χ3n) is 7.17. The number of rotatable bonds is 8. The van der Waals surface area contributed by atoms with Gasteiger partial charge in [0.2, 0.25) is 0 Å². The number of fused-ring (bicyclic) bond motifs is 1. The molecule has 3 aromatic rings. The van der Waals surface area contributed by atoms with Crippen molar-refractivity contribution >= 4 is 38.0 Å². The van der Waals surface area contributed by atoms with Crippen LogP contribution in [0.3, 0.4) is 0 Å². The Bertz CT molecular complexity index is 1300. The summed E-state index contributed by atoms with van der Waals surface area (Å²) in [6.07, 6.45) is 8.61. The molecule has 2 aliphatic rings. The first-order valence-corrected chi connectivity index (χ1v) is 14.0. The largest absolute Gasteiger partial charge is 0.314 e. The molecule has 2 unspecified atom stereocenters. The predicted octanol–water partition coefficient (Wildman–Crippen LogP) is 5.11. The number of benzene rings is 2. The van der Waals surface area contributed by atoms with E-state index in [1.54, 1.807) is 24.5 Å². The molecule has 2 fully saturated rings. The highest BCUT2D eigenvalue weighted by Gasteiger charge is 2.43. The van der Waals surface area contributed by atoms with E-state index >= 15 is 0 Å². The Morgan fingerprint density at radius 3 is 2.68 bits per heavy atom. The molecule has 34 heavy (non-hydrogen) atoms. The lowest BCUT2D eigenvalue weighted by atomic mass is 10.0. The van der Waals surface area contributed by atoms with Crippen LogP contribution in [-0.4, -0.2) is 37.5 Å². The van der Waals surface area contributed by atoms with Crippen molar-refractivity contribution in [3.8, 4) is 0 Å². The van der Waals surface area contributed by atoms with Crippen molar-refractivity contribution in [2.45, 2.75) is 55.4 Å². The normalized spacial score (nSPS) is 22.6. The van der Waals surface area contributed by atoms with Crippen molar-refractivity contribution in [3.63, 3.8) is 0 Å². The molecule has 1 aliphatic carbocycles. The number of hydrogen-bond donors (Lipinski definition) is 1. The van der Waals surface area contributed by atoms with Gasteiger partial charge in [0.1, 0.15) is 5.78 Å². The van der Waals surface area contributed by atoms with E-state index in [4.69, 9.17) is 11.6 Å². The highest BCUT2D eigenvalue weighted by Crippen LogP contribution is 2.48. The van der Waals surface area contributed by atoms with E-state index in [9.17, 15) is 13.2 Å². The van der Waals surface area contributed by atoms with Crippen LogP contribution in [0.25, 0.3) is 10.8 Å². The minimum Gasteiger partial charge on any atom is -0.314 e. The highest BCUT2D eigenvalue weighted by atomic mass is 35.5. The fraction of sp³-hybridized carbons (Fsp3) is 0.407. The second kappa shape index (κ2) is 9.76. The zero-order valence-electron chi connectivity index (χ0n) is 19.0. The van der Waals surface area contributed by atoms with Gasteiger partial charge in [0.15, 0.2) is 9.84 Å². The molecule has 0 radical (unpaired) electrons. The lowest BCUT2D eigenvalue weighted by Crippen LogP contribution is -2.35. The first-order chi connectivity index (χ1) is 16.4. The monoisotopic (exact) mass is 496 g/mol. The SMILES string of the molecule is O=C(Cc1ccc2cncc(Cl)c2c1)[C@@H]1CC1c1ccc(S(=O)(=O)CCC2CCCCN2)cc1. The quantitative estimate of drug-likeness (QED) is 0.469. The number of nitrogens with one attached hydrogen (secondary N) is 1. The summed E-state index contributed by atoms with van der Waals surface area (Å²) in [5.41, 5.74) is 1.99. The number of carbonyl (C=O) groups is 1. The van der Waals surface area contributed by atoms with Gasteiger partial charge in [-0.2, -0.15) is 0 Å². The lowest BCUT2D eigenvalue weighted by Gasteiger charge is -2.23. The van der Waals surface area contributed by atoms with Crippen LogP contribution in [0.4, 0.5) is 0 Å². The second-order valence-electron chi connectivity index (χ2n) is 9.59. The summed E-state index contributed by atoms with van der Waals surface area (Å²) in [7, 11) is -3.30. The molecule has 2 heterocycles. The van der Waals surface area contributed by atoms with Gasteiger partial charge >= 0.3 is 0 Å². The first-order valence-electron chi connectivity index (χ1n) is 12.0. The van der Waals surface area contributed by atoms with Gasteiger partial charge < -0.3 is 5.32 Å². The van der Waals surface area contributed by atoms with E-state index in [1.807, 2.05) is 30.3 Å². The predicted molar refractivity (Wildman–Crippen MR) is 135 cm³/mol. The van der Waals surface area contributed by atoms with E-state index in [0.717, 1.165) is 41.3 Å². The van der Waals surface area contributed by atoms with Crippen LogP contribution in [0, 0.1) is 5.92 Å². The van der Waals surface area contributed by atoms with Crippen molar-refractivity contribution in [2.75, 3.05) is 12.3 Å². The minimum absolute atomic E-state index is 0.0107. The maximum absolute atomic E-state index is 12.9. The van der Waals surface area contributed by atoms with Gasteiger partial charge in [0.25, 0.3) is 0 Å². The Balaban J connectivity index is 1.19. The van der Waals surface area contributed by atoms with Crippen molar-refractivity contribution in [3.05, 3.63) is 71.0 Å². The molecule has 2 aromatic carbocycles. The van der Waals surface area contributed by atoms with Gasteiger partial charge in [-0.05, 0) is 67.5 Å². The highest BCUT2D eigenvalue weighted by molar-refractivity contribution is 7.91. The Labute approximate surface area is 205 Å². The Hall–Kier alpha value is -2.28. The van der Waals surface area contributed by atoms with E-state index in [2.05, 4.69) is 10.3 Å². The third-order valence-corrected chi connectivity index (χ3v) is 9.24. The Kier molecular flexibility index (Phi) is 6.74. The van der Waals surface area contributed by atoms with E-state index in [-0.39, 0.29) is 23.4 Å². The van der Waals surface area contributed by atoms with Crippen molar-refractivity contribution < 1.29 is 13.2 Å². The van der Waals surface area contributed by atoms with Crippen molar-refractivity contribution in [1.29, 1.82) is 0 Å². The van der Waals surface area contributed by atoms with Crippen LogP contribution < -0.4 is 5.32 Å². The summed E-state index contributed by atoms with van der Waals surface area (Å²) in [5.74, 6) is 0.541. The van der Waals surface area contributed by atoms with Gasteiger partial charge in [0.05, 0.1) is 15.7 Å². The van der Waals surface area contributed by atoms with Crippen LogP contribution in [-0.2, 0) is 21.1 Å². The molecule has 0 bridgehead atoms. The van der Waals surface area contributed by atoms with Crippen LogP contribution in [0.2, 0.25) is 5.02 Å². The zero-order chi connectivity index (χ0) is 23.7. The molecule has 1 saturated heterocycles. The molecule has 1 saturated carbocycles. The number of aromatic nitrogens is 1. The lowest BCUT2D eigenvalue weighted by molar-refractivity contribution is -0.119. The summed E-state index contributed by atoms with van der Waals surface area (Å²) < 4.78 is 25.5. The van der Waals surface area contributed by atoms with E-state index < -0.39 is 9.84 Å². The average Bonchev–Trinajstić information content (AvgIpc) is 3.65. The molecule has 0 spiro atoms. The Morgan fingerprint density at radius 2 is 1.91 bits per heavy atom. The number of halogens is 1. The van der Waals surface area contributed by atoms with Gasteiger partial charge in [-0.3, -0.25) is 9.78 Å². The average molecular weight is 497 g/mol. The van der Waals surface area contributed by atoms with Crippen LogP contribution in [0.1, 0.15) is 49.1 Å². The number of piperidine rings is 1. The molecule has 1 aliphatic heterocycles. The van der Waals surface area contributed by atoms with Crippen LogP contribution in [0.5, 0.6) is 0 Å². The van der Waals surface area contributed by atoms with Gasteiger partial charge in [-0.1, -0.05) is 42.3 Å². The van der Waals surface area contributed by atoms with Crippen molar-refractivity contribution in [2.24, 2.45) is 5.92 Å². The van der Waals surface area contributed by atoms with Crippen molar-refractivity contribution in [1.82, 2.24) is 10.3 Å². The number of Topliss-reactive ketones (excluding diaryl/α,β-unsaturated/α-hetero) is 1. The summed E-state index contributed by atoms with van der Waals surface area (Å²) >= 11 is 6.25. The summed E-state index contributed by atoms with van der Waals surface area (Å²) in [4.78, 5) is 17.4. The maximum atomic E-state index is 12.9. The van der Waals surface area contributed by atoms with E-state index in [1.165, 1.54) is 12.8 Å². The van der Waals surface area contributed by atoms with Gasteiger partial charge in [-0.25, -0.2) is 8.42 Å². The van der Waals surface area contributed by atoms with Crippen LogP contribution >= 0.6 is 11.6 Å². The molecule has 5 rings (SSSR count). The number of carbonyl (C=O) groups excluding carboxylic acids is 1. The maximum Gasteiger partial charge on any atom is 0.178 e. The van der Waals surface area contributed by atoms with Crippen LogP contribution in [0.15, 0.2) is 59.8 Å². The molecule has 0 amide bonds. The summed E-state index contributed by atoms with van der Waals surface area (Å²) in [6, 6.07) is 13.4. The fourth-order valence-corrected chi connectivity index (χ4v) is 6.65. The number of sulfone groups is 1. The fourth-order valence-electron chi connectivity index (χ4n) is 5.04. The third kappa shape index (κ3) is 5.19. The molecular weight excluding hydrogens is 468 g/mol. The number of hydrogen-bond acceptors (Lipinski definition) is 5. The Morgan fingerprint density at radius 1 is 1.09 bits per heavy atom. The molecule has 7 heteroatoms. The second-order valence-corrected chi connectivity index (χ2v) is 12.1. The molecular formula is C27H29ClN2O3S. The minimum atomic E-state index is -3.30. The smallest absolute Gasteiger partial charge is 0.178 e. The zero-order valence-corrected chi connectivity index (χ0v) is 20.6. The molecule has 1 N–H and O–H groups in total. The van der Waals surface area contributed by atoms with Gasteiger partial charge in [-0.15, -0.1) is 0 Å². The standard InChI is InChI=1S/C27H29ClN2O3S/c28-26-17-29-16-20-5-4-18(13-24(20)26)14-27(31)25-15-23(25)19-6-8-22(9-7-19)34(32,33)12-10-21-3-1-2-11-30-21/h4-9,13,16-17,21,23,25,30H,1-3,10-12,14-15H2/t21?,23?,25-/m1/s1. The molecule has 3 atom stereocenters. The topological polar surface area (TPSA) is 76.1 Å². The van der Waals surface area contributed by atoms with Gasteiger partial charge in [0, 0.05) is 41.5 Å². The molecule has 1 aromatic heterocycles. The molecule has 178 valence electrons. The summed E-state index contributed by atoms with van der Waals surface area (Å²) in [6.45, 7) is 0.979. The summed E-state index contributed by atoms with van der Waals surface area (Å²) in [5, 5.41) is 5.86. The molecule has 5 nitrogen and oxygen atoms in total. The van der Waals surface area contributed by atoms with E-state index in [0.29, 0.717) is 28.8 Å². The number of pyridine rings is 1. The number of ketones is 1.